The standard InChI is InChI=1S/C19H23N3O.C19H22N2O2/c20-18(23)19(21-17-9-5-2-6-10-17)11-13-22(14-12-19)15-16-7-3-1-4-8-16;22-18(23)19(20-17-9-5-2-6-10-17)11-13-21(14-12-19)15-16-7-3-1-4-8-16/h1-10,21H,11-15H2,(H2,20,23);1-10,20H,11-15H2,(H,22,23)/i2*2D,5D,6D,9D,10D,11D2,12D2,13D2,14D2. The second kappa shape index (κ2) is 15.6. The van der Waals surface area contributed by atoms with Crippen LogP contribution in [0.4, 0.5) is 11.4 Å². The SMILES string of the molecule is [2H]c1c([2H])c([2H])c(NC2(C(=O)O)C([2H])([2H])C([2H])([2H])N(Cc3ccccc3)C([2H])([2H])C2([2H])[2H])c([2H])c1[2H].[2H]c1c([2H])c([2H])c(NC2(C(N)=O)C([2H])([2H])C([2H])([2H])N(Cc3ccccc3)C([2H])([2H])C2([2H])[2H])c([2H])c1[2H]. The maximum absolute atomic E-state index is 12.9. The summed E-state index contributed by atoms with van der Waals surface area (Å²) in [4.78, 5) is 26.1. The monoisotopic (exact) mass is 646 g/mol. The summed E-state index contributed by atoms with van der Waals surface area (Å²) >= 11 is 0. The number of carbonyl (C=O) groups is 2. The van der Waals surface area contributed by atoms with E-state index in [1.807, 2.05) is 10.6 Å². The molecule has 46 heavy (non-hydrogen) atoms. The number of hydrogen-bond acceptors (Lipinski definition) is 6. The topological polar surface area (TPSA) is 111 Å². The molecule has 240 valence electrons. The summed E-state index contributed by atoms with van der Waals surface area (Å²) in [6.07, 6.45) is -14.9. The summed E-state index contributed by atoms with van der Waals surface area (Å²) in [7, 11) is 0. The molecule has 0 spiro atoms. The van der Waals surface area contributed by atoms with E-state index in [2.05, 4.69) is 0 Å². The first-order chi connectivity index (χ1) is 32.6. The summed E-state index contributed by atoms with van der Waals surface area (Å²) < 4.78 is 216. The van der Waals surface area contributed by atoms with E-state index in [1.54, 1.807) is 36.4 Å². The minimum Gasteiger partial charge on any atom is -0.480 e. The molecule has 0 aliphatic carbocycles. The summed E-state index contributed by atoms with van der Waals surface area (Å²) in [5, 5.41) is 14.0. The van der Waals surface area contributed by atoms with E-state index in [0.29, 0.717) is 16.0 Å². The maximum atomic E-state index is 12.9. The lowest BCUT2D eigenvalue weighted by atomic mass is 9.86. The fraction of sp³-hybridized carbons (Fsp3) is 0.316. The molecule has 4 aromatic carbocycles. The van der Waals surface area contributed by atoms with Gasteiger partial charge in [-0.25, -0.2) is 4.79 Å². The van der Waals surface area contributed by atoms with Gasteiger partial charge in [0.15, 0.2) is 0 Å². The maximum Gasteiger partial charge on any atom is 0.329 e. The second-order valence-electron chi connectivity index (χ2n) is 9.51. The first-order valence-electron chi connectivity index (χ1n) is 26.5. The fourth-order valence-electron chi connectivity index (χ4n) is 3.88. The van der Waals surface area contributed by atoms with Gasteiger partial charge in [-0.05, 0) is 60.8 Å². The predicted molar refractivity (Wildman–Crippen MR) is 184 cm³/mol. The number of piperidine rings is 2. The largest absolute Gasteiger partial charge is 0.480 e. The lowest BCUT2D eigenvalue weighted by Gasteiger charge is -2.40. The number of amides is 1. The third-order valence-electron chi connectivity index (χ3n) is 6.20. The number of nitrogens with two attached hydrogens (primary N) is 1. The van der Waals surface area contributed by atoms with Crippen molar-refractivity contribution in [1.82, 2.24) is 9.80 Å². The molecular formula is C38H45N5O3. The molecule has 2 heterocycles. The van der Waals surface area contributed by atoms with Gasteiger partial charge >= 0.3 is 5.97 Å². The molecule has 2 saturated heterocycles. The Hall–Kier alpha value is -4.66. The van der Waals surface area contributed by atoms with E-state index in [9.17, 15) is 14.7 Å². The van der Waals surface area contributed by atoms with Crippen LogP contribution in [0.15, 0.2) is 121 Å². The molecule has 2 aliphatic rings. The number of likely N-dealkylation sites (tertiary alicyclic amines) is 2. The summed E-state index contributed by atoms with van der Waals surface area (Å²) in [6.45, 7) is -15.0. The van der Waals surface area contributed by atoms with Crippen LogP contribution in [-0.2, 0) is 22.7 Å². The average molecular weight is 646 g/mol. The third kappa shape index (κ3) is 8.74. The molecule has 8 nitrogen and oxygen atoms in total. The van der Waals surface area contributed by atoms with Gasteiger partial charge < -0.3 is 21.5 Å². The van der Waals surface area contributed by atoms with Crippen molar-refractivity contribution in [2.45, 2.75) is 49.7 Å². The molecule has 5 N–H and O–H groups in total. The van der Waals surface area contributed by atoms with Crippen LogP contribution in [0.3, 0.4) is 0 Å². The van der Waals surface area contributed by atoms with Crippen LogP contribution in [0.1, 0.15) is 72.3 Å². The van der Waals surface area contributed by atoms with E-state index in [-0.39, 0.29) is 4.90 Å². The highest BCUT2D eigenvalue weighted by molar-refractivity contribution is 5.88. The number of aliphatic carboxylic acids is 1. The lowest BCUT2D eigenvalue weighted by Crippen LogP contribution is -2.56. The van der Waals surface area contributed by atoms with Crippen molar-refractivity contribution in [3.8, 4) is 0 Å². The Labute approximate surface area is 308 Å². The number of benzene rings is 4. The van der Waals surface area contributed by atoms with Crippen LogP contribution >= 0.6 is 0 Å². The first kappa shape index (κ1) is 13.2. The molecule has 1 amide bonds. The van der Waals surface area contributed by atoms with Gasteiger partial charge in [-0.3, -0.25) is 14.6 Å². The zero-order chi connectivity index (χ0) is 55.3. The smallest absolute Gasteiger partial charge is 0.329 e. The van der Waals surface area contributed by atoms with Crippen LogP contribution < -0.4 is 16.4 Å². The van der Waals surface area contributed by atoms with Gasteiger partial charge in [0.1, 0.15) is 11.1 Å². The van der Waals surface area contributed by atoms with Crippen LogP contribution in [0.5, 0.6) is 0 Å². The second-order valence-corrected chi connectivity index (χ2v) is 9.51. The lowest BCUT2D eigenvalue weighted by molar-refractivity contribution is -0.144. The number of hydrogen-bond donors (Lipinski definition) is 4. The number of carboxylic acid groups (broad SMARTS) is 1. The number of nitrogens with zero attached hydrogens (tertiary/aromatic N) is 2. The molecule has 0 bridgehead atoms. The van der Waals surface area contributed by atoms with Crippen molar-refractivity contribution in [1.29, 1.82) is 0 Å². The number of carboxylic acids is 1. The number of anilines is 2. The van der Waals surface area contributed by atoms with E-state index in [1.165, 1.54) is 24.3 Å². The van der Waals surface area contributed by atoms with Gasteiger partial charge in [0.2, 0.25) is 5.91 Å². The van der Waals surface area contributed by atoms with E-state index in [4.69, 9.17) is 41.4 Å². The summed E-state index contributed by atoms with van der Waals surface area (Å²) in [5.74, 6) is -4.23. The number of para-hydroxylation sites is 2. The van der Waals surface area contributed by atoms with Crippen LogP contribution in [0.25, 0.3) is 0 Å². The molecule has 2 fully saturated rings. The van der Waals surface area contributed by atoms with Crippen molar-refractivity contribution < 1.29 is 50.3 Å². The number of primary amides is 1. The normalized spacial score (nSPS) is 34.5. The van der Waals surface area contributed by atoms with Gasteiger partial charge in [0, 0.05) is 72.4 Å². The molecule has 0 atom stereocenters. The Balaban J connectivity index is 0.000000267. The van der Waals surface area contributed by atoms with Crippen molar-refractivity contribution in [2.24, 2.45) is 5.73 Å². The Morgan fingerprint density at radius 2 is 1.04 bits per heavy atom. The fourth-order valence-corrected chi connectivity index (χ4v) is 3.88. The van der Waals surface area contributed by atoms with Crippen LogP contribution in [-0.4, -0.2) is 63.8 Å². The molecule has 0 unspecified atom stereocenters. The highest BCUT2D eigenvalue weighted by Crippen LogP contribution is 2.29. The molecule has 2 aliphatic heterocycles. The zero-order valence-corrected chi connectivity index (χ0v) is 23.9. The Morgan fingerprint density at radius 3 is 1.41 bits per heavy atom. The Morgan fingerprint density at radius 1 is 0.674 bits per heavy atom. The van der Waals surface area contributed by atoms with E-state index >= 15 is 0 Å². The Kier molecular flexibility index (Phi) is 4.47. The van der Waals surface area contributed by atoms with Crippen LogP contribution in [0.2, 0.25) is 0 Å². The van der Waals surface area contributed by atoms with Crippen molar-refractivity contribution in [3.63, 3.8) is 0 Å². The third-order valence-corrected chi connectivity index (χ3v) is 6.20. The van der Waals surface area contributed by atoms with Crippen molar-refractivity contribution in [3.05, 3.63) is 132 Å². The van der Waals surface area contributed by atoms with E-state index in [0.717, 1.165) is 0 Å². The minimum absolute atomic E-state index is 0.250. The predicted octanol–water partition coefficient (Wildman–Crippen LogP) is 5.84. The molecular weight excluding hydrogens is 574 g/mol. The highest BCUT2D eigenvalue weighted by atomic mass is 16.4. The van der Waals surface area contributed by atoms with Crippen molar-refractivity contribution in [2.75, 3.05) is 36.6 Å². The number of rotatable bonds is 10. The number of carbonyl (C=O) groups excluding carboxylic acids is 1. The highest BCUT2D eigenvalue weighted by Gasteiger charge is 2.42. The molecule has 0 saturated carbocycles. The van der Waals surface area contributed by atoms with Gasteiger partial charge in [0.25, 0.3) is 0 Å². The van der Waals surface area contributed by atoms with Gasteiger partial charge in [0.05, 0.1) is 13.7 Å². The number of nitrogens with one attached hydrogen (secondary N) is 2. The first-order valence-corrected chi connectivity index (χ1v) is 13.5. The Bertz CT molecular complexity index is 2480. The van der Waals surface area contributed by atoms with Gasteiger partial charge in [-0.15, -0.1) is 0 Å². The van der Waals surface area contributed by atoms with Gasteiger partial charge in [-0.1, -0.05) is 96.9 Å². The zero-order valence-electron chi connectivity index (χ0n) is 49.9. The van der Waals surface area contributed by atoms with Crippen LogP contribution in [0, 0.1) is 0 Å². The molecule has 4 aromatic rings. The summed E-state index contributed by atoms with van der Waals surface area (Å²) in [6, 6.07) is 6.12. The molecule has 8 heteroatoms. The molecule has 6 rings (SSSR count). The average Bonchev–Trinajstić information content (AvgIpc) is 3.29. The van der Waals surface area contributed by atoms with E-state index < -0.39 is 159 Å². The molecule has 0 radical (unpaired) electrons. The summed E-state index contributed by atoms with van der Waals surface area (Å²) in [5.41, 5.74) is -3.25. The molecule has 0 aromatic heterocycles. The van der Waals surface area contributed by atoms with Gasteiger partial charge in [-0.2, -0.15) is 0 Å². The quantitative estimate of drug-likeness (QED) is 0.172. The minimum atomic E-state index is -3.80. The van der Waals surface area contributed by atoms with Crippen molar-refractivity contribution >= 4 is 23.3 Å².